The molecular formula is C22H27N3O5S. The van der Waals surface area contributed by atoms with Gasteiger partial charge in [-0.25, -0.2) is 13.4 Å². The first-order chi connectivity index (χ1) is 14.7. The van der Waals surface area contributed by atoms with Gasteiger partial charge in [0.15, 0.2) is 11.5 Å². The Morgan fingerprint density at radius 1 is 1.13 bits per heavy atom. The van der Waals surface area contributed by atoms with Crippen molar-refractivity contribution in [3.63, 3.8) is 0 Å². The maximum atomic E-state index is 12.7. The van der Waals surface area contributed by atoms with Gasteiger partial charge in [0, 0.05) is 23.6 Å². The van der Waals surface area contributed by atoms with Crippen molar-refractivity contribution in [1.82, 2.24) is 5.01 Å². The molecule has 3 rings (SSSR count). The average molecular weight is 446 g/mol. The molecule has 1 N–H and O–H groups in total. The van der Waals surface area contributed by atoms with Crippen LogP contribution in [-0.2, 0) is 21.4 Å². The lowest BCUT2D eigenvalue weighted by Crippen LogP contribution is -2.36. The minimum absolute atomic E-state index is 0.0000800. The third-order valence-electron chi connectivity index (χ3n) is 5.06. The zero-order chi connectivity index (χ0) is 22.6. The highest BCUT2D eigenvalue weighted by Crippen LogP contribution is 2.31. The fraction of sp³-hybridized carbons (Fsp3) is 0.364. The summed E-state index contributed by atoms with van der Waals surface area (Å²) < 4.78 is 36.2. The number of rotatable bonds is 8. The summed E-state index contributed by atoms with van der Waals surface area (Å²) in [5.41, 5.74) is 2.90. The fourth-order valence-corrected chi connectivity index (χ4v) is 4.11. The summed E-state index contributed by atoms with van der Waals surface area (Å²) in [6.07, 6.45) is 2.23. The topological polar surface area (TPSA) is 97.3 Å². The smallest absolute Gasteiger partial charge is 0.243 e. The number of ether oxygens (including phenoxy) is 2. The van der Waals surface area contributed by atoms with E-state index >= 15 is 0 Å². The first kappa shape index (κ1) is 22.6. The first-order valence-corrected chi connectivity index (χ1v) is 11.8. The highest BCUT2D eigenvalue weighted by molar-refractivity contribution is 7.92. The van der Waals surface area contributed by atoms with Gasteiger partial charge in [0.05, 0.1) is 32.7 Å². The van der Waals surface area contributed by atoms with Gasteiger partial charge in [-0.2, -0.15) is 5.10 Å². The van der Waals surface area contributed by atoms with E-state index < -0.39 is 10.0 Å². The monoisotopic (exact) mass is 445 g/mol. The molecule has 2 aromatic carbocycles. The van der Waals surface area contributed by atoms with E-state index in [1.807, 2.05) is 31.2 Å². The van der Waals surface area contributed by atoms with Crippen LogP contribution in [0.3, 0.4) is 0 Å². The number of amides is 1. The van der Waals surface area contributed by atoms with Crippen molar-refractivity contribution in [3.8, 4) is 11.5 Å². The molecule has 9 heteroatoms. The molecule has 1 aliphatic rings. The third kappa shape index (κ3) is 5.55. The van der Waals surface area contributed by atoms with E-state index in [0.717, 1.165) is 29.5 Å². The van der Waals surface area contributed by atoms with Gasteiger partial charge in [0.2, 0.25) is 15.9 Å². The summed E-state index contributed by atoms with van der Waals surface area (Å²) in [6, 6.07) is 12.5. The van der Waals surface area contributed by atoms with Crippen molar-refractivity contribution in [1.29, 1.82) is 0 Å². The Balaban J connectivity index is 1.93. The molecule has 1 atom stereocenters. The van der Waals surface area contributed by atoms with Crippen molar-refractivity contribution in [2.45, 2.75) is 26.3 Å². The second-order valence-corrected chi connectivity index (χ2v) is 9.14. The zero-order valence-corrected chi connectivity index (χ0v) is 18.9. The standard InChI is InChI=1S/C22H27N3O5S/c1-5-16-13-21(26)25(14-15-7-6-8-18(11-15)24-31(4,27)28)23-22(16)17-9-10-19(29-2)20(12-17)30-3/h6-12,16,24H,5,13-14H2,1-4H3. The maximum Gasteiger partial charge on any atom is 0.243 e. The van der Waals surface area contributed by atoms with Gasteiger partial charge in [-0.05, 0) is 42.3 Å². The van der Waals surface area contributed by atoms with Crippen molar-refractivity contribution < 1.29 is 22.7 Å². The number of nitrogens with one attached hydrogen (secondary N) is 1. The van der Waals surface area contributed by atoms with Crippen LogP contribution in [0.1, 0.15) is 30.9 Å². The van der Waals surface area contributed by atoms with E-state index in [-0.39, 0.29) is 18.4 Å². The number of nitrogens with zero attached hydrogens (tertiary/aromatic N) is 2. The van der Waals surface area contributed by atoms with Crippen LogP contribution in [0.15, 0.2) is 47.6 Å². The van der Waals surface area contributed by atoms with Crippen LogP contribution in [0, 0.1) is 5.92 Å². The predicted molar refractivity (Wildman–Crippen MR) is 120 cm³/mol. The van der Waals surface area contributed by atoms with Crippen LogP contribution in [0.25, 0.3) is 0 Å². The number of methoxy groups -OCH3 is 2. The van der Waals surface area contributed by atoms with Gasteiger partial charge in [-0.15, -0.1) is 0 Å². The molecule has 166 valence electrons. The quantitative estimate of drug-likeness (QED) is 0.673. The Bertz CT molecular complexity index is 1100. The van der Waals surface area contributed by atoms with Crippen LogP contribution in [0.2, 0.25) is 0 Å². The molecule has 8 nitrogen and oxygen atoms in total. The summed E-state index contributed by atoms with van der Waals surface area (Å²) in [6.45, 7) is 2.27. The number of hydrogen-bond donors (Lipinski definition) is 1. The lowest BCUT2D eigenvalue weighted by atomic mass is 9.89. The Kier molecular flexibility index (Phi) is 6.84. The lowest BCUT2D eigenvalue weighted by molar-refractivity contribution is -0.133. The number of sulfonamides is 1. The lowest BCUT2D eigenvalue weighted by Gasteiger charge is -2.29. The minimum atomic E-state index is -3.39. The van der Waals surface area contributed by atoms with Crippen molar-refractivity contribution in [2.75, 3.05) is 25.2 Å². The van der Waals surface area contributed by atoms with Crippen LogP contribution in [0.5, 0.6) is 11.5 Å². The van der Waals surface area contributed by atoms with Crippen molar-refractivity contribution in [2.24, 2.45) is 11.0 Å². The van der Waals surface area contributed by atoms with E-state index in [0.29, 0.717) is 23.6 Å². The molecule has 0 aromatic heterocycles. The minimum Gasteiger partial charge on any atom is -0.493 e. The van der Waals surface area contributed by atoms with E-state index in [2.05, 4.69) is 9.82 Å². The largest absolute Gasteiger partial charge is 0.493 e. The molecule has 0 fully saturated rings. The molecule has 1 unspecified atom stereocenters. The second kappa shape index (κ2) is 9.38. The van der Waals surface area contributed by atoms with E-state index in [1.54, 1.807) is 32.4 Å². The second-order valence-electron chi connectivity index (χ2n) is 7.39. The highest BCUT2D eigenvalue weighted by Gasteiger charge is 2.29. The SMILES string of the molecule is CCC1CC(=O)N(Cc2cccc(NS(C)(=O)=O)c2)N=C1c1ccc(OC)c(OC)c1. The normalized spacial score (nSPS) is 16.6. The summed E-state index contributed by atoms with van der Waals surface area (Å²) in [5, 5.41) is 6.12. The molecule has 0 aliphatic carbocycles. The number of anilines is 1. The van der Waals surface area contributed by atoms with Gasteiger partial charge >= 0.3 is 0 Å². The molecule has 1 aliphatic heterocycles. The molecule has 2 aromatic rings. The van der Waals surface area contributed by atoms with E-state index in [4.69, 9.17) is 9.47 Å². The Labute approximate surface area is 182 Å². The van der Waals surface area contributed by atoms with Crippen molar-refractivity contribution >= 4 is 27.3 Å². The Morgan fingerprint density at radius 2 is 1.87 bits per heavy atom. The first-order valence-electron chi connectivity index (χ1n) is 9.92. The summed E-state index contributed by atoms with van der Waals surface area (Å²) >= 11 is 0. The van der Waals surface area contributed by atoms with Gasteiger partial charge in [-0.1, -0.05) is 19.1 Å². The van der Waals surface area contributed by atoms with Crippen LogP contribution in [-0.4, -0.2) is 45.5 Å². The maximum absolute atomic E-state index is 12.7. The summed E-state index contributed by atoms with van der Waals surface area (Å²) in [5.74, 6) is 1.15. The molecule has 1 heterocycles. The number of hydrogen-bond acceptors (Lipinski definition) is 6. The summed E-state index contributed by atoms with van der Waals surface area (Å²) in [7, 11) is -0.227. The third-order valence-corrected chi connectivity index (χ3v) is 5.67. The van der Waals surface area contributed by atoms with E-state index in [1.165, 1.54) is 5.01 Å². The highest BCUT2D eigenvalue weighted by atomic mass is 32.2. The average Bonchev–Trinajstić information content (AvgIpc) is 2.73. The molecule has 0 radical (unpaired) electrons. The molecule has 31 heavy (non-hydrogen) atoms. The molecule has 1 amide bonds. The Morgan fingerprint density at radius 3 is 2.52 bits per heavy atom. The summed E-state index contributed by atoms with van der Waals surface area (Å²) in [4.78, 5) is 12.7. The Hall–Kier alpha value is -3.07. The van der Waals surface area contributed by atoms with E-state index in [9.17, 15) is 13.2 Å². The van der Waals surface area contributed by atoms with Crippen LogP contribution in [0.4, 0.5) is 5.69 Å². The van der Waals surface area contributed by atoms with Gasteiger partial charge in [0.25, 0.3) is 0 Å². The van der Waals surface area contributed by atoms with Crippen LogP contribution < -0.4 is 14.2 Å². The zero-order valence-electron chi connectivity index (χ0n) is 18.1. The molecule has 0 spiro atoms. The van der Waals surface area contributed by atoms with Gasteiger partial charge < -0.3 is 9.47 Å². The predicted octanol–water partition coefficient (Wildman–Crippen LogP) is 3.24. The van der Waals surface area contributed by atoms with Crippen LogP contribution >= 0.6 is 0 Å². The molecule has 0 bridgehead atoms. The number of hydrazone groups is 1. The number of benzene rings is 2. The molecular weight excluding hydrogens is 418 g/mol. The van der Waals surface area contributed by atoms with Gasteiger partial charge in [-0.3, -0.25) is 9.52 Å². The molecule has 0 saturated carbocycles. The molecule has 0 saturated heterocycles. The fourth-order valence-electron chi connectivity index (χ4n) is 3.55. The number of carbonyl (C=O) groups is 1. The van der Waals surface area contributed by atoms with Gasteiger partial charge in [0.1, 0.15) is 0 Å². The number of carbonyl (C=O) groups excluding carboxylic acids is 1. The van der Waals surface area contributed by atoms with Crippen molar-refractivity contribution in [3.05, 3.63) is 53.6 Å².